The van der Waals surface area contributed by atoms with E-state index in [1.54, 1.807) is 31.4 Å². The van der Waals surface area contributed by atoms with Crippen LogP contribution in [-0.2, 0) is 4.79 Å². The average Bonchev–Trinajstić information content (AvgIpc) is 2.91. The van der Waals surface area contributed by atoms with E-state index in [0.29, 0.717) is 29.6 Å². The summed E-state index contributed by atoms with van der Waals surface area (Å²) in [5, 5.41) is 9.86. The van der Waals surface area contributed by atoms with Crippen LogP contribution in [0.1, 0.15) is 42.9 Å². The molecule has 7 nitrogen and oxygen atoms in total. The molecule has 0 bridgehead atoms. The van der Waals surface area contributed by atoms with Crippen LogP contribution in [0, 0.1) is 17.2 Å². The van der Waals surface area contributed by atoms with Gasteiger partial charge in [0, 0.05) is 17.7 Å². The molecule has 1 heterocycles. The Hall–Kier alpha value is -4.70. The van der Waals surface area contributed by atoms with Crippen LogP contribution >= 0.6 is 0 Å². The summed E-state index contributed by atoms with van der Waals surface area (Å²) in [6.07, 6.45) is 3.94. The molecule has 0 spiro atoms. The Morgan fingerprint density at radius 3 is 2.55 bits per heavy atom. The second-order valence-electron chi connectivity index (χ2n) is 9.26. The highest BCUT2D eigenvalue weighted by Gasteiger charge is 2.31. The first-order valence-electron chi connectivity index (χ1n) is 12.4. The summed E-state index contributed by atoms with van der Waals surface area (Å²) in [6.45, 7) is 4.90. The number of methoxy groups -OCH3 is 1. The largest absolute Gasteiger partial charge is 0.497 e. The minimum atomic E-state index is -0.541. The van der Waals surface area contributed by atoms with E-state index in [1.807, 2.05) is 48.5 Å². The standard InChI is InChI=1S/C31H30N2O5/c1-20(2)15-16-36-24-6-4-5-22(17-24)30-26-13-12-25(18-28(26)38-31(33)27(30)19-32)37-29(34)14-9-21-7-10-23(35-3)11-8-21/h4-14,17-18,20,30H,15-16,33H2,1-3H3/b14-9+. The molecule has 1 unspecified atom stereocenters. The molecule has 3 aromatic rings. The number of hydrogen-bond donors (Lipinski definition) is 1. The van der Waals surface area contributed by atoms with Gasteiger partial charge in [-0.1, -0.05) is 44.2 Å². The second kappa shape index (κ2) is 12.0. The van der Waals surface area contributed by atoms with E-state index < -0.39 is 11.9 Å². The van der Waals surface area contributed by atoms with Gasteiger partial charge in [0.1, 0.15) is 34.6 Å². The summed E-state index contributed by atoms with van der Waals surface area (Å²) in [6, 6.07) is 22.2. The fourth-order valence-corrected chi connectivity index (χ4v) is 4.07. The maximum atomic E-state index is 12.4. The van der Waals surface area contributed by atoms with Crippen molar-refractivity contribution >= 4 is 12.0 Å². The van der Waals surface area contributed by atoms with E-state index in [-0.39, 0.29) is 5.88 Å². The topological polar surface area (TPSA) is 104 Å². The molecule has 2 N–H and O–H groups in total. The molecule has 0 aromatic heterocycles. The fourth-order valence-electron chi connectivity index (χ4n) is 4.07. The van der Waals surface area contributed by atoms with Crippen molar-refractivity contribution in [3.05, 3.63) is 101 Å². The Kier molecular flexibility index (Phi) is 8.34. The highest BCUT2D eigenvalue weighted by atomic mass is 16.5. The zero-order valence-electron chi connectivity index (χ0n) is 21.6. The third kappa shape index (κ3) is 6.34. The Morgan fingerprint density at radius 1 is 1.08 bits per heavy atom. The molecule has 0 fully saturated rings. The quantitative estimate of drug-likeness (QED) is 0.215. The van der Waals surface area contributed by atoms with Gasteiger partial charge in [-0.25, -0.2) is 4.79 Å². The van der Waals surface area contributed by atoms with Crippen molar-refractivity contribution in [1.82, 2.24) is 0 Å². The van der Waals surface area contributed by atoms with Crippen molar-refractivity contribution in [2.75, 3.05) is 13.7 Å². The van der Waals surface area contributed by atoms with Gasteiger partial charge in [-0.2, -0.15) is 5.26 Å². The predicted molar refractivity (Wildman–Crippen MR) is 145 cm³/mol. The molecule has 38 heavy (non-hydrogen) atoms. The van der Waals surface area contributed by atoms with Crippen LogP contribution in [0.5, 0.6) is 23.0 Å². The number of carbonyl (C=O) groups is 1. The monoisotopic (exact) mass is 510 g/mol. The van der Waals surface area contributed by atoms with E-state index in [1.165, 1.54) is 6.08 Å². The van der Waals surface area contributed by atoms with Crippen LogP contribution in [0.15, 0.2) is 84.3 Å². The number of hydrogen-bond acceptors (Lipinski definition) is 7. The van der Waals surface area contributed by atoms with Crippen LogP contribution in [0.2, 0.25) is 0 Å². The number of benzene rings is 3. The smallest absolute Gasteiger partial charge is 0.336 e. The van der Waals surface area contributed by atoms with E-state index in [4.69, 9.17) is 24.7 Å². The zero-order chi connectivity index (χ0) is 27.1. The van der Waals surface area contributed by atoms with Crippen LogP contribution in [0.25, 0.3) is 6.08 Å². The molecule has 0 radical (unpaired) electrons. The van der Waals surface area contributed by atoms with Crippen molar-refractivity contribution in [2.24, 2.45) is 11.7 Å². The van der Waals surface area contributed by atoms with Crippen LogP contribution in [-0.4, -0.2) is 19.7 Å². The molecule has 0 saturated carbocycles. The van der Waals surface area contributed by atoms with E-state index in [0.717, 1.165) is 34.6 Å². The number of rotatable bonds is 9. The highest BCUT2D eigenvalue weighted by Crippen LogP contribution is 2.44. The predicted octanol–water partition coefficient (Wildman–Crippen LogP) is 5.96. The summed E-state index contributed by atoms with van der Waals surface area (Å²) >= 11 is 0. The number of carbonyl (C=O) groups excluding carboxylic acids is 1. The Bertz CT molecular complexity index is 1400. The number of allylic oxidation sites excluding steroid dienone is 1. The molecule has 1 atom stereocenters. The summed E-state index contributed by atoms with van der Waals surface area (Å²) in [7, 11) is 1.59. The highest BCUT2D eigenvalue weighted by molar-refractivity contribution is 5.88. The van der Waals surface area contributed by atoms with Crippen LogP contribution in [0.4, 0.5) is 0 Å². The van der Waals surface area contributed by atoms with Gasteiger partial charge in [-0.15, -0.1) is 0 Å². The SMILES string of the molecule is COc1ccc(/C=C/C(=O)Oc2ccc3c(c2)OC(N)=C(C#N)C3c2cccc(OCCC(C)C)c2)cc1. The van der Waals surface area contributed by atoms with E-state index >= 15 is 0 Å². The lowest BCUT2D eigenvalue weighted by Crippen LogP contribution is -2.21. The Balaban J connectivity index is 1.54. The molecule has 1 aliphatic heterocycles. The number of nitrogens with zero attached hydrogens (tertiary/aromatic N) is 1. The first-order chi connectivity index (χ1) is 18.4. The van der Waals surface area contributed by atoms with Crippen molar-refractivity contribution in [1.29, 1.82) is 5.26 Å². The van der Waals surface area contributed by atoms with Crippen LogP contribution < -0.4 is 24.7 Å². The minimum Gasteiger partial charge on any atom is -0.497 e. The Labute approximate surface area is 222 Å². The van der Waals surface area contributed by atoms with Gasteiger partial charge < -0.3 is 24.7 Å². The lowest BCUT2D eigenvalue weighted by Gasteiger charge is -2.27. The normalized spacial score (nSPS) is 14.6. The van der Waals surface area contributed by atoms with Crippen molar-refractivity contribution in [3.63, 3.8) is 0 Å². The lowest BCUT2D eigenvalue weighted by atomic mass is 9.83. The first-order valence-corrected chi connectivity index (χ1v) is 12.4. The van der Waals surface area contributed by atoms with Crippen molar-refractivity contribution < 1.29 is 23.7 Å². The number of esters is 1. The third-order valence-electron chi connectivity index (χ3n) is 6.09. The molecule has 194 valence electrons. The maximum absolute atomic E-state index is 12.4. The Morgan fingerprint density at radius 2 is 1.84 bits per heavy atom. The summed E-state index contributed by atoms with van der Waals surface area (Å²) in [5.74, 6) is 1.73. The molecule has 0 aliphatic carbocycles. The van der Waals surface area contributed by atoms with E-state index in [9.17, 15) is 10.1 Å². The van der Waals surface area contributed by atoms with Gasteiger partial charge in [0.2, 0.25) is 5.88 Å². The summed E-state index contributed by atoms with van der Waals surface area (Å²) in [4.78, 5) is 12.4. The van der Waals surface area contributed by atoms with Crippen molar-refractivity contribution in [3.8, 4) is 29.1 Å². The van der Waals surface area contributed by atoms with Gasteiger partial charge in [0.25, 0.3) is 0 Å². The van der Waals surface area contributed by atoms with Crippen molar-refractivity contribution in [2.45, 2.75) is 26.2 Å². The molecule has 1 aliphatic rings. The second-order valence-corrected chi connectivity index (χ2v) is 9.26. The van der Waals surface area contributed by atoms with Gasteiger partial charge in [0.15, 0.2) is 0 Å². The van der Waals surface area contributed by atoms with Gasteiger partial charge in [-0.3, -0.25) is 0 Å². The lowest BCUT2D eigenvalue weighted by molar-refractivity contribution is -0.128. The van der Waals surface area contributed by atoms with Crippen LogP contribution in [0.3, 0.4) is 0 Å². The fraction of sp³-hybridized carbons (Fsp3) is 0.226. The molecule has 3 aromatic carbocycles. The molecular weight excluding hydrogens is 480 g/mol. The van der Waals surface area contributed by atoms with Gasteiger partial charge >= 0.3 is 5.97 Å². The minimum absolute atomic E-state index is 0.0130. The third-order valence-corrected chi connectivity index (χ3v) is 6.09. The molecule has 7 heteroatoms. The van der Waals surface area contributed by atoms with E-state index in [2.05, 4.69) is 19.9 Å². The van der Waals surface area contributed by atoms with Gasteiger partial charge in [-0.05, 0) is 59.9 Å². The number of fused-ring (bicyclic) bond motifs is 1. The number of nitrogens with two attached hydrogens (primary N) is 1. The molecular formula is C31H30N2O5. The first kappa shape index (κ1) is 26.4. The summed E-state index contributed by atoms with van der Waals surface area (Å²) in [5.41, 5.74) is 8.87. The maximum Gasteiger partial charge on any atom is 0.336 e. The van der Waals surface area contributed by atoms with Gasteiger partial charge in [0.05, 0.1) is 19.6 Å². The molecule has 0 amide bonds. The summed E-state index contributed by atoms with van der Waals surface area (Å²) < 4.78 is 22.3. The molecule has 4 rings (SSSR count). The zero-order valence-corrected chi connectivity index (χ0v) is 21.6. The average molecular weight is 511 g/mol. The number of ether oxygens (including phenoxy) is 4. The molecule has 0 saturated heterocycles. The number of nitriles is 1.